The molecule has 1 unspecified atom stereocenters. The van der Waals surface area contributed by atoms with Crippen molar-refractivity contribution in [1.82, 2.24) is 0 Å². The van der Waals surface area contributed by atoms with E-state index in [9.17, 15) is 9.59 Å². The molecule has 2 heterocycles. The fourth-order valence-electron chi connectivity index (χ4n) is 3.89. The number of hydrogen-bond acceptors (Lipinski definition) is 5. The SMILES string of the molecule is CCCc1cc(=O)oc2c(C(=O)C(C)(Br)CC)c(OC)c3c(c12)OC(C)(C)CC3. The molecule has 0 fully saturated rings. The molecule has 1 aliphatic heterocycles. The molecule has 0 radical (unpaired) electrons. The summed E-state index contributed by atoms with van der Waals surface area (Å²) in [5, 5.41) is 0.720. The largest absolute Gasteiger partial charge is 0.495 e. The Kier molecular flexibility index (Phi) is 5.87. The number of ether oxygens (including phenoxy) is 2. The van der Waals surface area contributed by atoms with Crippen molar-refractivity contribution in [2.45, 2.75) is 76.6 Å². The van der Waals surface area contributed by atoms with Gasteiger partial charge < -0.3 is 13.9 Å². The molecule has 0 amide bonds. The first-order chi connectivity index (χ1) is 13.6. The smallest absolute Gasteiger partial charge is 0.336 e. The zero-order valence-electron chi connectivity index (χ0n) is 18.0. The maximum absolute atomic E-state index is 13.6. The Morgan fingerprint density at radius 3 is 2.62 bits per heavy atom. The molecular formula is C23H29BrO5. The first-order valence-corrected chi connectivity index (χ1v) is 11.0. The Hall–Kier alpha value is -1.82. The minimum Gasteiger partial charge on any atom is -0.495 e. The maximum Gasteiger partial charge on any atom is 0.336 e. The van der Waals surface area contributed by atoms with Gasteiger partial charge in [0.2, 0.25) is 0 Å². The van der Waals surface area contributed by atoms with Gasteiger partial charge in [-0.2, -0.15) is 0 Å². The van der Waals surface area contributed by atoms with Crippen LogP contribution in [-0.4, -0.2) is 22.8 Å². The lowest BCUT2D eigenvalue weighted by molar-refractivity contribution is 0.0853. The maximum atomic E-state index is 13.6. The van der Waals surface area contributed by atoms with E-state index in [2.05, 4.69) is 22.9 Å². The summed E-state index contributed by atoms with van der Waals surface area (Å²) < 4.78 is 17.0. The van der Waals surface area contributed by atoms with Gasteiger partial charge in [-0.05, 0) is 52.0 Å². The number of methoxy groups -OCH3 is 1. The summed E-state index contributed by atoms with van der Waals surface area (Å²) >= 11 is 3.56. The number of Topliss-reactive ketones (excluding diaryl/α,β-unsaturated/α-hetero) is 1. The van der Waals surface area contributed by atoms with Gasteiger partial charge in [0.1, 0.15) is 22.7 Å². The molecule has 3 rings (SSSR count). The third kappa shape index (κ3) is 3.83. The molecule has 0 saturated heterocycles. The molecule has 0 aliphatic carbocycles. The van der Waals surface area contributed by atoms with Crippen molar-refractivity contribution in [1.29, 1.82) is 0 Å². The second-order valence-electron chi connectivity index (χ2n) is 8.50. The Labute approximate surface area is 179 Å². The molecule has 5 nitrogen and oxygen atoms in total. The molecule has 2 aromatic rings. The predicted octanol–water partition coefficient (Wildman–Crippen LogP) is 5.60. The summed E-state index contributed by atoms with van der Waals surface area (Å²) in [5.41, 5.74) is 1.47. The third-order valence-corrected chi connectivity index (χ3v) is 6.64. The lowest BCUT2D eigenvalue weighted by Crippen LogP contribution is -2.34. The summed E-state index contributed by atoms with van der Waals surface area (Å²) in [6, 6.07) is 1.52. The fraction of sp³-hybridized carbons (Fsp3) is 0.565. The lowest BCUT2D eigenvalue weighted by Gasteiger charge is -2.35. The number of carbonyl (C=O) groups excluding carboxylic acids is 1. The number of alkyl halides is 1. The Morgan fingerprint density at radius 2 is 2.03 bits per heavy atom. The van der Waals surface area contributed by atoms with Crippen LogP contribution in [0.3, 0.4) is 0 Å². The number of rotatable bonds is 6. The third-order valence-electron chi connectivity index (χ3n) is 5.72. The Balaban J connectivity index is 2.51. The fourth-order valence-corrected chi connectivity index (χ4v) is 4.08. The van der Waals surface area contributed by atoms with Crippen molar-refractivity contribution in [2.24, 2.45) is 0 Å². The van der Waals surface area contributed by atoms with Crippen LogP contribution in [0.4, 0.5) is 0 Å². The minimum atomic E-state index is -0.796. The molecule has 0 N–H and O–H groups in total. The van der Waals surface area contributed by atoms with Gasteiger partial charge in [-0.1, -0.05) is 36.2 Å². The Bertz CT molecular complexity index is 1020. The van der Waals surface area contributed by atoms with Crippen LogP contribution in [0.25, 0.3) is 11.0 Å². The lowest BCUT2D eigenvalue weighted by atomic mass is 9.86. The monoisotopic (exact) mass is 464 g/mol. The number of hydrogen-bond donors (Lipinski definition) is 0. The highest BCUT2D eigenvalue weighted by Crippen LogP contribution is 2.48. The van der Waals surface area contributed by atoms with Crippen LogP contribution in [0, 0.1) is 0 Å². The van der Waals surface area contributed by atoms with Crippen molar-refractivity contribution in [2.75, 3.05) is 7.11 Å². The van der Waals surface area contributed by atoms with Crippen LogP contribution in [0.15, 0.2) is 15.3 Å². The van der Waals surface area contributed by atoms with E-state index in [0.29, 0.717) is 29.9 Å². The van der Waals surface area contributed by atoms with Gasteiger partial charge in [0.25, 0.3) is 0 Å². The molecule has 29 heavy (non-hydrogen) atoms. The zero-order valence-corrected chi connectivity index (χ0v) is 19.6. The van der Waals surface area contributed by atoms with E-state index in [1.54, 1.807) is 7.11 Å². The van der Waals surface area contributed by atoms with E-state index in [1.165, 1.54) is 6.07 Å². The topological polar surface area (TPSA) is 65.7 Å². The second kappa shape index (κ2) is 7.78. The molecule has 0 saturated carbocycles. The molecule has 0 spiro atoms. The van der Waals surface area contributed by atoms with Crippen LogP contribution in [0.1, 0.15) is 75.4 Å². The number of aryl methyl sites for hydroxylation is 1. The van der Waals surface area contributed by atoms with Crippen molar-refractivity contribution in [3.8, 4) is 11.5 Å². The average molecular weight is 465 g/mol. The highest BCUT2D eigenvalue weighted by atomic mass is 79.9. The quantitative estimate of drug-likeness (QED) is 0.316. The van der Waals surface area contributed by atoms with Crippen LogP contribution in [0.2, 0.25) is 0 Å². The molecule has 158 valence electrons. The summed E-state index contributed by atoms with van der Waals surface area (Å²) in [7, 11) is 1.55. The highest BCUT2D eigenvalue weighted by Gasteiger charge is 2.39. The van der Waals surface area contributed by atoms with Crippen molar-refractivity contribution < 1.29 is 18.7 Å². The number of fused-ring (bicyclic) bond motifs is 3. The van der Waals surface area contributed by atoms with E-state index in [4.69, 9.17) is 13.9 Å². The standard InChI is InChI=1S/C23H29BrO5/c1-7-9-13-12-15(25)28-20-16(13)19-14(10-11-22(3,4)29-19)18(27-6)17(20)21(26)23(5,24)8-2/h12H,7-11H2,1-6H3. The molecule has 6 heteroatoms. The zero-order chi connectivity index (χ0) is 21.6. The number of halogens is 1. The first-order valence-electron chi connectivity index (χ1n) is 10.2. The highest BCUT2D eigenvalue weighted by molar-refractivity contribution is 9.10. The van der Waals surface area contributed by atoms with Crippen LogP contribution in [0.5, 0.6) is 11.5 Å². The minimum absolute atomic E-state index is 0.161. The molecule has 1 aromatic heterocycles. The van der Waals surface area contributed by atoms with Gasteiger partial charge in [0, 0.05) is 11.6 Å². The van der Waals surface area contributed by atoms with Crippen LogP contribution < -0.4 is 15.1 Å². The van der Waals surface area contributed by atoms with Gasteiger partial charge in [-0.15, -0.1) is 0 Å². The van der Waals surface area contributed by atoms with Crippen molar-refractivity contribution in [3.63, 3.8) is 0 Å². The van der Waals surface area contributed by atoms with Gasteiger partial charge in [-0.3, -0.25) is 4.79 Å². The number of carbonyl (C=O) groups is 1. The summed E-state index contributed by atoms with van der Waals surface area (Å²) in [6.07, 6.45) is 3.65. The molecule has 1 aliphatic rings. The second-order valence-corrected chi connectivity index (χ2v) is 10.3. The normalized spacial score (nSPS) is 17.3. The Morgan fingerprint density at radius 1 is 1.34 bits per heavy atom. The molecule has 1 atom stereocenters. The van der Waals surface area contributed by atoms with Gasteiger partial charge in [0.05, 0.1) is 16.8 Å². The van der Waals surface area contributed by atoms with Gasteiger partial charge >= 0.3 is 5.63 Å². The molecule has 1 aromatic carbocycles. The molecular weight excluding hydrogens is 436 g/mol. The van der Waals surface area contributed by atoms with E-state index in [0.717, 1.165) is 35.8 Å². The van der Waals surface area contributed by atoms with E-state index >= 15 is 0 Å². The van der Waals surface area contributed by atoms with E-state index in [1.807, 2.05) is 27.7 Å². The summed E-state index contributed by atoms with van der Waals surface area (Å²) in [4.78, 5) is 26.0. The predicted molar refractivity (Wildman–Crippen MR) is 118 cm³/mol. The summed E-state index contributed by atoms with van der Waals surface area (Å²) in [6.45, 7) is 9.90. The first kappa shape index (κ1) is 21.9. The van der Waals surface area contributed by atoms with Gasteiger partial charge in [-0.25, -0.2) is 4.79 Å². The van der Waals surface area contributed by atoms with Crippen LogP contribution >= 0.6 is 15.9 Å². The van der Waals surface area contributed by atoms with Crippen LogP contribution in [-0.2, 0) is 12.8 Å². The molecule has 0 bridgehead atoms. The van der Waals surface area contributed by atoms with Crippen molar-refractivity contribution in [3.05, 3.63) is 33.2 Å². The van der Waals surface area contributed by atoms with E-state index < -0.39 is 9.95 Å². The van der Waals surface area contributed by atoms with E-state index in [-0.39, 0.29) is 17.0 Å². The van der Waals surface area contributed by atoms with Gasteiger partial charge in [0.15, 0.2) is 11.4 Å². The van der Waals surface area contributed by atoms with Crippen molar-refractivity contribution >= 4 is 32.7 Å². The number of benzene rings is 1. The number of ketones is 1. The average Bonchev–Trinajstić information content (AvgIpc) is 2.65. The summed E-state index contributed by atoms with van der Waals surface area (Å²) in [5.74, 6) is 0.958.